The van der Waals surface area contributed by atoms with E-state index in [4.69, 9.17) is 4.74 Å². The lowest BCUT2D eigenvalue weighted by molar-refractivity contribution is -0.135. The number of phenolic OH excluding ortho intramolecular Hbond substituents is 1. The molecule has 3 N–H and O–H groups in total. The van der Waals surface area contributed by atoms with Crippen molar-refractivity contribution in [3.05, 3.63) is 23.8 Å². The summed E-state index contributed by atoms with van der Waals surface area (Å²) in [6.45, 7) is 6.44. The van der Waals surface area contributed by atoms with Gasteiger partial charge in [0.2, 0.25) is 0 Å². The summed E-state index contributed by atoms with van der Waals surface area (Å²) in [5.74, 6) is 0.128. The van der Waals surface area contributed by atoms with Crippen LogP contribution < -0.4 is 10.1 Å². The standard InChI is InChI=1S/C20H31NO4/c1-20(2,3)21-13-17(23)15-9-10-18(16(22)12-15)25-19(24)11-14-7-5-4-6-8-14/h9-10,12,14,17,21-23H,4-8,11,13H2,1-3H3. The summed E-state index contributed by atoms with van der Waals surface area (Å²) in [5.41, 5.74) is 0.485. The van der Waals surface area contributed by atoms with Gasteiger partial charge in [0.25, 0.3) is 0 Å². The van der Waals surface area contributed by atoms with Gasteiger partial charge < -0.3 is 20.3 Å². The third-order valence-electron chi connectivity index (χ3n) is 4.60. The highest BCUT2D eigenvalue weighted by Gasteiger charge is 2.20. The van der Waals surface area contributed by atoms with Gasteiger partial charge in [-0.15, -0.1) is 0 Å². The Kier molecular flexibility index (Phi) is 6.85. The maximum absolute atomic E-state index is 12.1. The van der Waals surface area contributed by atoms with Crippen molar-refractivity contribution in [2.45, 2.75) is 70.9 Å². The minimum atomic E-state index is -0.739. The maximum atomic E-state index is 12.1. The quantitative estimate of drug-likeness (QED) is 0.539. The predicted octanol–water partition coefficient (Wildman–Crippen LogP) is 3.69. The number of carbonyl (C=O) groups excluding carboxylic acids is 1. The van der Waals surface area contributed by atoms with E-state index >= 15 is 0 Å². The van der Waals surface area contributed by atoms with Crippen molar-refractivity contribution in [1.82, 2.24) is 5.32 Å². The highest BCUT2D eigenvalue weighted by atomic mass is 16.5. The monoisotopic (exact) mass is 349 g/mol. The Morgan fingerprint density at radius 3 is 2.56 bits per heavy atom. The minimum absolute atomic E-state index is 0.0996. The van der Waals surface area contributed by atoms with Gasteiger partial charge in [0.1, 0.15) is 0 Å². The molecule has 0 bridgehead atoms. The number of aliphatic hydroxyl groups excluding tert-OH is 1. The van der Waals surface area contributed by atoms with Crippen LogP contribution in [-0.2, 0) is 4.79 Å². The number of esters is 1. The largest absolute Gasteiger partial charge is 0.504 e. The maximum Gasteiger partial charge on any atom is 0.311 e. The van der Waals surface area contributed by atoms with Crippen molar-refractivity contribution >= 4 is 5.97 Å². The average Bonchev–Trinajstić information content (AvgIpc) is 2.54. The first-order valence-electron chi connectivity index (χ1n) is 9.21. The fourth-order valence-electron chi connectivity index (χ4n) is 3.14. The number of hydrogen-bond acceptors (Lipinski definition) is 5. The molecule has 1 aromatic carbocycles. The van der Waals surface area contributed by atoms with Crippen LogP contribution in [0, 0.1) is 5.92 Å². The molecule has 1 saturated carbocycles. The molecule has 1 atom stereocenters. The number of aromatic hydroxyl groups is 1. The first kappa shape index (κ1) is 19.7. The number of aliphatic hydroxyl groups is 1. The van der Waals surface area contributed by atoms with Crippen LogP contribution in [0.1, 0.15) is 71.0 Å². The molecule has 140 valence electrons. The van der Waals surface area contributed by atoms with Crippen LogP contribution in [0.5, 0.6) is 11.5 Å². The predicted molar refractivity (Wildman–Crippen MR) is 97.6 cm³/mol. The second kappa shape index (κ2) is 8.68. The molecule has 1 fully saturated rings. The Bertz CT molecular complexity index is 574. The number of β-amino-alcohol motifs (C(OH)–C–C–N with tert-alkyl or cyclic N) is 1. The van der Waals surface area contributed by atoms with Crippen molar-refractivity contribution in [2.75, 3.05) is 6.54 Å². The summed E-state index contributed by atoms with van der Waals surface area (Å²) in [6.07, 6.45) is 5.42. The van der Waals surface area contributed by atoms with Crippen LogP contribution in [0.3, 0.4) is 0 Å². The van der Waals surface area contributed by atoms with E-state index in [-0.39, 0.29) is 23.0 Å². The number of phenols is 1. The lowest BCUT2D eigenvalue weighted by Gasteiger charge is -2.23. The fraction of sp³-hybridized carbons (Fsp3) is 0.650. The molecule has 0 heterocycles. The zero-order valence-electron chi connectivity index (χ0n) is 15.5. The second-order valence-corrected chi connectivity index (χ2v) is 8.06. The van der Waals surface area contributed by atoms with Gasteiger partial charge in [-0.05, 0) is 57.2 Å². The first-order chi connectivity index (χ1) is 11.7. The van der Waals surface area contributed by atoms with Gasteiger partial charge in [-0.3, -0.25) is 4.79 Å². The summed E-state index contributed by atoms with van der Waals surface area (Å²) in [6, 6.07) is 4.68. The number of carbonyl (C=O) groups is 1. The van der Waals surface area contributed by atoms with Crippen molar-refractivity contribution in [3.8, 4) is 11.5 Å². The molecule has 0 aromatic heterocycles. The molecular formula is C20H31NO4. The average molecular weight is 349 g/mol. The Hall–Kier alpha value is -1.59. The summed E-state index contributed by atoms with van der Waals surface area (Å²) in [5, 5.41) is 23.5. The zero-order chi connectivity index (χ0) is 18.4. The number of nitrogens with one attached hydrogen (secondary N) is 1. The van der Waals surface area contributed by atoms with Gasteiger partial charge in [0.05, 0.1) is 6.10 Å². The Balaban J connectivity index is 1.90. The van der Waals surface area contributed by atoms with E-state index in [0.29, 0.717) is 24.4 Å². The van der Waals surface area contributed by atoms with Gasteiger partial charge in [-0.2, -0.15) is 0 Å². The van der Waals surface area contributed by atoms with Gasteiger partial charge >= 0.3 is 5.97 Å². The van der Waals surface area contributed by atoms with Crippen LogP contribution in [0.25, 0.3) is 0 Å². The SMILES string of the molecule is CC(C)(C)NCC(O)c1ccc(OC(=O)CC2CCCCC2)c(O)c1. The minimum Gasteiger partial charge on any atom is -0.504 e. The number of ether oxygens (including phenoxy) is 1. The summed E-state index contributed by atoms with van der Waals surface area (Å²) in [7, 11) is 0. The molecule has 1 unspecified atom stereocenters. The lowest BCUT2D eigenvalue weighted by Crippen LogP contribution is -2.38. The third-order valence-corrected chi connectivity index (χ3v) is 4.60. The van der Waals surface area contributed by atoms with Gasteiger partial charge in [-0.1, -0.05) is 25.3 Å². The second-order valence-electron chi connectivity index (χ2n) is 8.06. The van der Waals surface area contributed by atoms with Crippen molar-refractivity contribution < 1.29 is 19.7 Å². The molecule has 5 nitrogen and oxygen atoms in total. The highest BCUT2D eigenvalue weighted by molar-refractivity contribution is 5.73. The third kappa shape index (κ3) is 6.67. The molecule has 0 aliphatic heterocycles. The number of benzene rings is 1. The van der Waals surface area contributed by atoms with E-state index < -0.39 is 6.10 Å². The molecule has 0 amide bonds. The van der Waals surface area contributed by atoms with Gasteiger partial charge in [0.15, 0.2) is 11.5 Å². The zero-order valence-corrected chi connectivity index (χ0v) is 15.5. The van der Waals surface area contributed by atoms with E-state index in [2.05, 4.69) is 5.32 Å². The molecule has 1 aromatic rings. The van der Waals surface area contributed by atoms with Crippen LogP contribution >= 0.6 is 0 Å². The molecular weight excluding hydrogens is 318 g/mol. The van der Waals surface area contributed by atoms with E-state index in [1.54, 1.807) is 12.1 Å². The first-order valence-corrected chi connectivity index (χ1v) is 9.21. The van der Waals surface area contributed by atoms with Crippen LogP contribution in [0.2, 0.25) is 0 Å². The lowest BCUT2D eigenvalue weighted by atomic mass is 9.87. The molecule has 25 heavy (non-hydrogen) atoms. The van der Waals surface area contributed by atoms with Crippen LogP contribution in [-0.4, -0.2) is 28.3 Å². The molecule has 1 aliphatic carbocycles. The molecule has 2 rings (SSSR count). The van der Waals surface area contributed by atoms with E-state index in [1.807, 2.05) is 20.8 Å². The Morgan fingerprint density at radius 2 is 1.96 bits per heavy atom. The summed E-state index contributed by atoms with van der Waals surface area (Å²) >= 11 is 0. The van der Waals surface area contributed by atoms with Gasteiger partial charge in [0, 0.05) is 18.5 Å². The van der Waals surface area contributed by atoms with E-state index in [9.17, 15) is 15.0 Å². The van der Waals surface area contributed by atoms with Crippen molar-refractivity contribution in [3.63, 3.8) is 0 Å². The van der Waals surface area contributed by atoms with E-state index in [0.717, 1.165) is 12.8 Å². The topological polar surface area (TPSA) is 78.8 Å². The molecule has 0 spiro atoms. The normalized spacial score (nSPS) is 17.3. The molecule has 0 radical (unpaired) electrons. The fourth-order valence-corrected chi connectivity index (χ4v) is 3.14. The number of hydrogen-bond donors (Lipinski definition) is 3. The Morgan fingerprint density at radius 1 is 1.28 bits per heavy atom. The van der Waals surface area contributed by atoms with Crippen molar-refractivity contribution in [2.24, 2.45) is 5.92 Å². The van der Waals surface area contributed by atoms with E-state index in [1.165, 1.54) is 25.3 Å². The van der Waals surface area contributed by atoms with Crippen LogP contribution in [0.4, 0.5) is 0 Å². The van der Waals surface area contributed by atoms with Gasteiger partial charge in [-0.25, -0.2) is 0 Å². The Labute approximate surface area is 150 Å². The highest BCUT2D eigenvalue weighted by Crippen LogP contribution is 2.31. The molecule has 0 saturated heterocycles. The summed E-state index contributed by atoms with van der Waals surface area (Å²) < 4.78 is 5.31. The van der Waals surface area contributed by atoms with Crippen molar-refractivity contribution in [1.29, 1.82) is 0 Å². The summed E-state index contributed by atoms with van der Waals surface area (Å²) in [4.78, 5) is 12.1. The number of rotatable bonds is 6. The molecule has 1 aliphatic rings. The molecule has 5 heteroatoms. The smallest absolute Gasteiger partial charge is 0.311 e. The van der Waals surface area contributed by atoms with Crippen LogP contribution in [0.15, 0.2) is 18.2 Å².